The van der Waals surface area contributed by atoms with E-state index in [0.29, 0.717) is 23.3 Å². The number of nitrogens with one attached hydrogen (secondary N) is 2. The number of carbonyl (C=O) groups excluding carboxylic acids is 1. The lowest BCUT2D eigenvalue weighted by Crippen LogP contribution is -2.31. The molecule has 8 nitrogen and oxygen atoms in total. The Morgan fingerprint density at radius 1 is 1.50 bits per heavy atom. The van der Waals surface area contributed by atoms with E-state index in [0.717, 1.165) is 0 Å². The average Bonchev–Trinajstić information content (AvgIpc) is 2.86. The molecule has 0 bridgehead atoms. The number of nitrogens with zero attached hydrogens (tertiary/aromatic N) is 3. The van der Waals surface area contributed by atoms with Crippen LogP contribution in [-0.2, 0) is 0 Å². The summed E-state index contributed by atoms with van der Waals surface area (Å²) in [6, 6.07) is 2.56. The molecule has 2 amide bonds. The fourth-order valence-corrected chi connectivity index (χ4v) is 1.55. The Labute approximate surface area is 115 Å². The summed E-state index contributed by atoms with van der Waals surface area (Å²) in [5.74, 6) is 1.20. The molecule has 2 heterocycles. The van der Waals surface area contributed by atoms with E-state index in [1.807, 2.05) is 0 Å². The lowest BCUT2D eigenvalue weighted by atomic mass is 10.3. The molecule has 0 unspecified atom stereocenters. The van der Waals surface area contributed by atoms with Crippen LogP contribution < -0.4 is 15.4 Å². The SMILES string of the molecule is COc1ncccc1NC(=O)N[C@H](C)c1nc(C)no1. The highest BCUT2D eigenvalue weighted by atomic mass is 16.5. The first kappa shape index (κ1) is 13.8. The van der Waals surface area contributed by atoms with Gasteiger partial charge < -0.3 is 19.9 Å². The van der Waals surface area contributed by atoms with Crippen molar-refractivity contribution >= 4 is 11.7 Å². The highest BCUT2D eigenvalue weighted by Crippen LogP contribution is 2.19. The number of aromatic nitrogens is 3. The van der Waals surface area contributed by atoms with Crippen molar-refractivity contribution in [2.75, 3.05) is 12.4 Å². The van der Waals surface area contributed by atoms with Crippen LogP contribution in [0.4, 0.5) is 10.5 Å². The van der Waals surface area contributed by atoms with Crippen molar-refractivity contribution in [3.8, 4) is 5.88 Å². The first-order valence-electron chi connectivity index (χ1n) is 5.97. The normalized spacial score (nSPS) is 11.8. The molecule has 8 heteroatoms. The maximum atomic E-state index is 11.9. The minimum atomic E-state index is -0.417. The molecular formula is C12H15N5O3. The lowest BCUT2D eigenvalue weighted by Gasteiger charge is -2.12. The molecular weight excluding hydrogens is 262 g/mol. The molecule has 106 valence electrons. The van der Waals surface area contributed by atoms with Gasteiger partial charge in [0.2, 0.25) is 11.8 Å². The average molecular weight is 277 g/mol. The van der Waals surface area contributed by atoms with E-state index in [-0.39, 0.29) is 0 Å². The minimum Gasteiger partial charge on any atom is -0.480 e. The zero-order valence-corrected chi connectivity index (χ0v) is 11.4. The number of anilines is 1. The molecule has 2 aromatic rings. The van der Waals surface area contributed by atoms with Gasteiger partial charge in [0.1, 0.15) is 11.7 Å². The van der Waals surface area contributed by atoms with Gasteiger partial charge in [0.05, 0.1) is 7.11 Å². The zero-order valence-electron chi connectivity index (χ0n) is 11.4. The lowest BCUT2D eigenvalue weighted by molar-refractivity contribution is 0.245. The second kappa shape index (κ2) is 6.00. The van der Waals surface area contributed by atoms with Crippen molar-refractivity contribution in [1.29, 1.82) is 0 Å². The van der Waals surface area contributed by atoms with Gasteiger partial charge in [-0.15, -0.1) is 0 Å². The molecule has 2 rings (SSSR count). The predicted octanol–water partition coefficient (Wildman–Crippen LogP) is 1.66. The molecule has 2 N–H and O–H groups in total. The summed E-state index contributed by atoms with van der Waals surface area (Å²) in [4.78, 5) is 19.9. The monoisotopic (exact) mass is 277 g/mol. The fourth-order valence-electron chi connectivity index (χ4n) is 1.55. The molecule has 0 aliphatic carbocycles. The van der Waals surface area contributed by atoms with Crippen LogP contribution in [0.5, 0.6) is 5.88 Å². The number of hydrogen-bond donors (Lipinski definition) is 2. The smallest absolute Gasteiger partial charge is 0.320 e. The number of urea groups is 1. The number of pyridine rings is 1. The van der Waals surface area contributed by atoms with Crippen molar-refractivity contribution in [2.24, 2.45) is 0 Å². The Morgan fingerprint density at radius 2 is 2.30 bits per heavy atom. The van der Waals surface area contributed by atoms with Gasteiger partial charge in [-0.05, 0) is 26.0 Å². The standard InChI is InChI=1S/C12H15N5O3/c1-7(10-15-8(2)17-20-10)14-12(18)16-9-5-4-6-13-11(9)19-3/h4-7H,1-3H3,(H2,14,16,18)/t7-/m1/s1. The van der Waals surface area contributed by atoms with Gasteiger partial charge in [0.15, 0.2) is 5.82 Å². The summed E-state index contributed by atoms with van der Waals surface area (Å²) in [6.45, 7) is 3.45. The summed E-state index contributed by atoms with van der Waals surface area (Å²) in [5, 5.41) is 8.99. The molecule has 0 saturated carbocycles. The maximum absolute atomic E-state index is 11.9. The second-order valence-electron chi connectivity index (χ2n) is 4.06. The van der Waals surface area contributed by atoms with Gasteiger partial charge >= 0.3 is 6.03 Å². The van der Waals surface area contributed by atoms with Gasteiger partial charge in [-0.3, -0.25) is 0 Å². The number of rotatable bonds is 4. The van der Waals surface area contributed by atoms with Crippen LogP contribution in [0.2, 0.25) is 0 Å². The number of carbonyl (C=O) groups is 1. The number of ether oxygens (including phenoxy) is 1. The third-order valence-corrected chi connectivity index (χ3v) is 2.47. The minimum absolute atomic E-state index is 0.337. The van der Waals surface area contributed by atoms with Crippen molar-refractivity contribution in [2.45, 2.75) is 19.9 Å². The number of hydrogen-bond acceptors (Lipinski definition) is 6. The summed E-state index contributed by atoms with van der Waals surface area (Å²) >= 11 is 0. The van der Waals surface area contributed by atoms with Crippen molar-refractivity contribution in [3.63, 3.8) is 0 Å². The molecule has 0 aromatic carbocycles. The molecule has 0 radical (unpaired) electrons. The highest BCUT2D eigenvalue weighted by molar-refractivity contribution is 5.90. The van der Waals surface area contributed by atoms with Gasteiger partial charge in [-0.2, -0.15) is 4.98 Å². The molecule has 0 spiro atoms. The number of amides is 2. The molecule has 0 aliphatic rings. The Balaban J connectivity index is 1.98. The third-order valence-electron chi connectivity index (χ3n) is 2.47. The Hall–Kier alpha value is -2.64. The number of methoxy groups -OCH3 is 1. The van der Waals surface area contributed by atoms with Crippen LogP contribution in [0.25, 0.3) is 0 Å². The van der Waals surface area contributed by atoms with E-state index in [1.54, 1.807) is 32.2 Å². The Bertz CT molecular complexity index is 598. The summed E-state index contributed by atoms with van der Waals surface area (Å²) in [6.07, 6.45) is 1.58. The number of aryl methyl sites for hydroxylation is 1. The quantitative estimate of drug-likeness (QED) is 0.881. The zero-order chi connectivity index (χ0) is 14.5. The van der Waals surface area contributed by atoms with Crippen LogP contribution in [-0.4, -0.2) is 28.3 Å². The van der Waals surface area contributed by atoms with Crippen molar-refractivity contribution in [1.82, 2.24) is 20.4 Å². The molecule has 0 saturated heterocycles. The van der Waals surface area contributed by atoms with E-state index in [4.69, 9.17) is 9.26 Å². The van der Waals surface area contributed by atoms with Crippen LogP contribution >= 0.6 is 0 Å². The van der Waals surface area contributed by atoms with Crippen LogP contribution in [0, 0.1) is 6.92 Å². The van der Waals surface area contributed by atoms with E-state index >= 15 is 0 Å². The maximum Gasteiger partial charge on any atom is 0.320 e. The summed E-state index contributed by atoms with van der Waals surface area (Å²) in [5.41, 5.74) is 0.474. The highest BCUT2D eigenvalue weighted by Gasteiger charge is 2.16. The van der Waals surface area contributed by atoms with E-state index in [2.05, 4.69) is 25.8 Å². The summed E-state index contributed by atoms with van der Waals surface area (Å²) < 4.78 is 10.0. The van der Waals surface area contributed by atoms with Crippen LogP contribution in [0.1, 0.15) is 24.7 Å². The topological polar surface area (TPSA) is 102 Å². The molecule has 1 atom stereocenters. The second-order valence-corrected chi connectivity index (χ2v) is 4.06. The Kier molecular flexibility index (Phi) is 4.14. The molecule has 0 fully saturated rings. The first-order chi connectivity index (χ1) is 9.60. The van der Waals surface area contributed by atoms with Crippen molar-refractivity contribution < 1.29 is 14.1 Å². The largest absolute Gasteiger partial charge is 0.480 e. The van der Waals surface area contributed by atoms with Gasteiger partial charge in [0, 0.05) is 6.20 Å². The van der Waals surface area contributed by atoms with Gasteiger partial charge in [0.25, 0.3) is 0 Å². The van der Waals surface area contributed by atoms with E-state index in [1.165, 1.54) is 7.11 Å². The predicted molar refractivity (Wildman–Crippen MR) is 70.4 cm³/mol. The van der Waals surface area contributed by atoms with E-state index < -0.39 is 12.1 Å². The Morgan fingerprint density at radius 3 is 2.95 bits per heavy atom. The van der Waals surface area contributed by atoms with Gasteiger partial charge in [-0.25, -0.2) is 9.78 Å². The van der Waals surface area contributed by atoms with Crippen molar-refractivity contribution in [3.05, 3.63) is 30.0 Å². The molecule has 20 heavy (non-hydrogen) atoms. The first-order valence-corrected chi connectivity index (χ1v) is 5.97. The molecule has 0 aliphatic heterocycles. The van der Waals surface area contributed by atoms with Gasteiger partial charge in [-0.1, -0.05) is 5.16 Å². The fraction of sp³-hybridized carbons (Fsp3) is 0.333. The molecule has 2 aromatic heterocycles. The van der Waals surface area contributed by atoms with Crippen LogP contribution in [0.3, 0.4) is 0 Å². The van der Waals surface area contributed by atoms with E-state index in [9.17, 15) is 4.79 Å². The summed E-state index contributed by atoms with van der Waals surface area (Å²) in [7, 11) is 1.48. The third kappa shape index (κ3) is 3.22. The van der Waals surface area contributed by atoms with Crippen LogP contribution in [0.15, 0.2) is 22.9 Å².